The summed E-state index contributed by atoms with van der Waals surface area (Å²) in [6.45, 7) is 1.67. The fourth-order valence-corrected chi connectivity index (χ4v) is 2.17. The number of aromatic carboxylic acids is 1. The van der Waals surface area contributed by atoms with Gasteiger partial charge in [0.05, 0.1) is 11.4 Å². The number of carbonyl (C=O) groups excluding carboxylic acids is 1. The van der Waals surface area contributed by atoms with E-state index in [1.807, 2.05) is 0 Å². The second-order valence-electron chi connectivity index (χ2n) is 4.25. The highest BCUT2D eigenvalue weighted by molar-refractivity contribution is 9.10. The van der Waals surface area contributed by atoms with E-state index < -0.39 is 17.8 Å². The van der Waals surface area contributed by atoms with Crippen LogP contribution in [0.2, 0.25) is 0 Å². The molecule has 0 spiro atoms. The van der Waals surface area contributed by atoms with Crippen LogP contribution in [0.1, 0.15) is 16.2 Å². The number of hydrogen-bond donors (Lipinski definition) is 4. The van der Waals surface area contributed by atoms with Crippen molar-refractivity contribution in [3.63, 3.8) is 0 Å². The number of aryl methyl sites for hydroxylation is 1. The number of anilines is 2. The van der Waals surface area contributed by atoms with Crippen LogP contribution in [0, 0.1) is 12.7 Å². The molecule has 4 N–H and O–H groups in total. The molecule has 0 saturated heterocycles. The highest BCUT2D eigenvalue weighted by Gasteiger charge is 2.15. The molecule has 6 nitrogen and oxygen atoms in total. The highest BCUT2D eigenvalue weighted by Crippen LogP contribution is 2.23. The van der Waals surface area contributed by atoms with Gasteiger partial charge in [0, 0.05) is 10.2 Å². The predicted octanol–water partition coefficient (Wildman–Crippen LogP) is 3.57. The minimum absolute atomic E-state index is 0.110. The molecule has 0 aliphatic heterocycles. The first-order valence-corrected chi connectivity index (χ1v) is 6.62. The van der Waals surface area contributed by atoms with Gasteiger partial charge < -0.3 is 20.7 Å². The van der Waals surface area contributed by atoms with Crippen molar-refractivity contribution in [2.24, 2.45) is 0 Å². The number of aromatic nitrogens is 1. The number of nitrogens with one attached hydrogen (secondary N) is 3. The van der Waals surface area contributed by atoms with E-state index in [-0.39, 0.29) is 11.4 Å². The number of halogens is 2. The average molecular weight is 356 g/mol. The first-order valence-electron chi connectivity index (χ1n) is 5.83. The molecule has 0 saturated carbocycles. The summed E-state index contributed by atoms with van der Waals surface area (Å²) in [5.41, 5.74) is 1.00. The monoisotopic (exact) mass is 355 g/mol. The summed E-state index contributed by atoms with van der Waals surface area (Å²) >= 11 is 3.12. The molecular formula is C13H11BrFN3O3. The summed E-state index contributed by atoms with van der Waals surface area (Å²) in [5.74, 6) is -1.62. The summed E-state index contributed by atoms with van der Waals surface area (Å²) in [5, 5.41) is 13.9. The van der Waals surface area contributed by atoms with E-state index in [9.17, 15) is 14.0 Å². The lowest BCUT2D eigenvalue weighted by Gasteiger charge is -2.08. The molecule has 0 unspecified atom stereocenters. The normalized spacial score (nSPS) is 10.2. The Hall–Kier alpha value is -2.35. The lowest BCUT2D eigenvalue weighted by Crippen LogP contribution is -2.20. The van der Waals surface area contributed by atoms with E-state index in [1.54, 1.807) is 6.92 Å². The van der Waals surface area contributed by atoms with Gasteiger partial charge in [-0.1, -0.05) is 0 Å². The number of aromatic amines is 1. The number of carboxylic acids is 1. The number of H-pyrrole nitrogens is 1. The van der Waals surface area contributed by atoms with Gasteiger partial charge in [0.25, 0.3) is 0 Å². The number of urea groups is 1. The molecule has 2 rings (SSSR count). The van der Waals surface area contributed by atoms with Crippen LogP contribution in [-0.2, 0) is 0 Å². The van der Waals surface area contributed by atoms with E-state index >= 15 is 0 Å². The number of benzene rings is 1. The van der Waals surface area contributed by atoms with Crippen molar-refractivity contribution in [1.82, 2.24) is 4.98 Å². The third kappa shape index (κ3) is 3.60. The first-order chi connectivity index (χ1) is 9.86. The van der Waals surface area contributed by atoms with Gasteiger partial charge in [-0.2, -0.15) is 0 Å². The Bertz CT molecular complexity index is 715. The number of carboxylic acid groups (broad SMARTS) is 1. The standard InChI is InChI=1S/C13H11BrFN3O3/c1-6-4-10(11(16-6)12(19)20)18-13(21)17-9-3-2-7(15)5-8(9)14/h2-5,16H,1H3,(H,19,20)(H2,17,18,21). The van der Waals surface area contributed by atoms with Gasteiger partial charge in [-0.25, -0.2) is 14.0 Å². The van der Waals surface area contributed by atoms with Crippen molar-refractivity contribution in [1.29, 1.82) is 0 Å². The van der Waals surface area contributed by atoms with Crippen molar-refractivity contribution >= 4 is 39.3 Å². The third-order valence-electron chi connectivity index (χ3n) is 2.59. The maximum absolute atomic E-state index is 12.9. The largest absolute Gasteiger partial charge is 0.477 e. The number of amides is 2. The van der Waals surface area contributed by atoms with Gasteiger partial charge in [-0.15, -0.1) is 0 Å². The predicted molar refractivity (Wildman–Crippen MR) is 79.2 cm³/mol. The van der Waals surface area contributed by atoms with Crippen molar-refractivity contribution in [3.8, 4) is 0 Å². The van der Waals surface area contributed by atoms with Crippen molar-refractivity contribution in [2.45, 2.75) is 6.92 Å². The quantitative estimate of drug-likeness (QED) is 0.677. The zero-order chi connectivity index (χ0) is 15.6. The Morgan fingerprint density at radius 1 is 1.24 bits per heavy atom. The summed E-state index contributed by atoms with van der Waals surface area (Å²) < 4.78 is 13.3. The van der Waals surface area contributed by atoms with Gasteiger partial charge in [0.1, 0.15) is 11.5 Å². The fraction of sp³-hybridized carbons (Fsp3) is 0.0769. The highest BCUT2D eigenvalue weighted by atomic mass is 79.9. The van der Waals surface area contributed by atoms with Crippen LogP contribution >= 0.6 is 15.9 Å². The molecule has 21 heavy (non-hydrogen) atoms. The smallest absolute Gasteiger partial charge is 0.354 e. The molecule has 1 heterocycles. The molecule has 110 valence electrons. The molecule has 0 aliphatic rings. The van der Waals surface area contributed by atoms with Crippen LogP contribution < -0.4 is 10.6 Å². The van der Waals surface area contributed by atoms with Gasteiger partial charge in [0.15, 0.2) is 0 Å². The maximum Gasteiger partial charge on any atom is 0.354 e. The Balaban J connectivity index is 2.13. The third-order valence-corrected chi connectivity index (χ3v) is 3.25. The Labute approximate surface area is 127 Å². The van der Waals surface area contributed by atoms with Gasteiger partial charge >= 0.3 is 12.0 Å². The Morgan fingerprint density at radius 3 is 2.52 bits per heavy atom. The van der Waals surface area contributed by atoms with Gasteiger partial charge in [-0.05, 0) is 47.1 Å². The topological polar surface area (TPSA) is 94.2 Å². The number of hydrogen-bond acceptors (Lipinski definition) is 2. The van der Waals surface area contributed by atoms with Crippen molar-refractivity contribution in [3.05, 3.63) is 45.9 Å². The molecule has 0 aliphatic carbocycles. The molecular weight excluding hydrogens is 345 g/mol. The van der Waals surface area contributed by atoms with Crippen LogP contribution in [0.5, 0.6) is 0 Å². The molecule has 2 amide bonds. The summed E-state index contributed by atoms with van der Waals surface area (Å²) in [4.78, 5) is 25.5. The molecule has 8 heteroatoms. The average Bonchev–Trinajstić information content (AvgIpc) is 2.74. The number of rotatable bonds is 3. The second kappa shape index (κ2) is 5.96. The molecule has 0 bridgehead atoms. The molecule has 0 fully saturated rings. The van der Waals surface area contributed by atoms with Crippen LogP contribution in [0.3, 0.4) is 0 Å². The molecule has 1 aromatic carbocycles. The van der Waals surface area contributed by atoms with Gasteiger partial charge in [-0.3, -0.25) is 0 Å². The lowest BCUT2D eigenvalue weighted by molar-refractivity contribution is 0.0692. The maximum atomic E-state index is 12.9. The van der Waals surface area contributed by atoms with Crippen LogP contribution in [0.4, 0.5) is 20.6 Å². The zero-order valence-corrected chi connectivity index (χ0v) is 12.4. The van der Waals surface area contributed by atoms with E-state index in [4.69, 9.17) is 5.11 Å². The molecule has 0 radical (unpaired) electrons. The molecule has 2 aromatic rings. The number of carbonyl (C=O) groups is 2. The van der Waals surface area contributed by atoms with E-state index in [0.717, 1.165) is 0 Å². The summed E-state index contributed by atoms with van der Waals surface area (Å²) in [7, 11) is 0. The summed E-state index contributed by atoms with van der Waals surface area (Å²) in [6.07, 6.45) is 0. The van der Waals surface area contributed by atoms with E-state index in [2.05, 4.69) is 31.5 Å². The minimum atomic E-state index is -1.18. The van der Waals surface area contributed by atoms with E-state index in [1.165, 1.54) is 24.3 Å². The first kappa shape index (κ1) is 15.0. The van der Waals surface area contributed by atoms with Crippen LogP contribution in [0.25, 0.3) is 0 Å². The Morgan fingerprint density at radius 2 is 1.90 bits per heavy atom. The van der Waals surface area contributed by atoms with E-state index in [0.29, 0.717) is 15.9 Å². The molecule has 0 atom stereocenters. The zero-order valence-electron chi connectivity index (χ0n) is 10.8. The summed E-state index contributed by atoms with van der Waals surface area (Å²) in [6, 6.07) is 4.66. The SMILES string of the molecule is Cc1cc(NC(=O)Nc2ccc(F)cc2Br)c(C(=O)O)[nH]1. The fourth-order valence-electron chi connectivity index (χ4n) is 1.72. The van der Waals surface area contributed by atoms with Crippen LogP contribution in [0.15, 0.2) is 28.7 Å². The Kier molecular flexibility index (Phi) is 4.27. The second-order valence-corrected chi connectivity index (χ2v) is 5.10. The van der Waals surface area contributed by atoms with Crippen molar-refractivity contribution < 1.29 is 19.1 Å². The van der Waals surface area contributed by atoms with Gasteiger partial charge in [0.2, 0.25) is 0 Å². The van der Waals surface area contributed by atoms with Crippen LogP contribution in [-0.4, -0.2) is 22.1 Å². The minimum Gasteiger partial charge on any atom is -0.477 e. The van der Waals surface area contributed by atoms with Crippen molar-refractivity contribution in [2.75, 3.05) is 10.6 Å². The lowest BCUT2D eigenvalue weighted by atomic mass is 10.3. The molecule has 1 aromatic heterocycles.